The van der Waals surface area contributed by atoms with E-state index in [9.17, 15) is 40.5 Å². The number of carbonyl (C=O) groups is 1. The number of hydrogen-bond donors (Lipinski definition) is 7. The molecule has 0 aromatic heterocycles. The minimum atomic E-state index is -1.72. The molecule has 2 aliphatic rings. The zero-order valence-corrected chi connectivity index (χ0v) is 46.9. The molecule has 0 aromatic rings. The zero-order valence-electron chi connectivity index (χ0n) is 46.9. The topological polar surface area (TPSA) is 214 Å². The van der Waals surface area contributed by atoms with Crippen LogP contribution in [0.1, 0.15) is 168 Å². The van der Waals surface area contributed by atoms with Crippen molar-refractivity contribution in [2.24, 2.45) is 0 Å². The van der Waals surface area contributed by atoms with Gasteiger partial charge in [-0.05, 0) is 103 Å². The predicted molar refractivity (Wildman–Crippen MR) is 307 cm³/mol. The number of carbonyl (C=O) groups excluding carboxylic acids is 1. The van der Waals surface area contributed by atoms with Gasteiger partial charge in [-0.15, -0.1) is 0 Å². The second-order valence-electron chi connectivity index (χ2n) is 19.7. The molecule has 11 atom stereocenters. The average Bonchev–Trinajstić information content (AvgIpc) is 3.43. The van der Waals surface area contributed by atoms with Crippen LogP contribution in [-0.4, -0.2) is 142 Å². The Morgan fingerprint density at radius 1 is 0.429 bits per heavy atom. The van der Waals surface area contributed by atoms with E-state index < -0.39 is 86.7 Å². The molecule has 2 fully saturated rings. The van der Waals surface area contributed by atoms with E-state index >= 15 is 0 Å². The van der Waals surface area contributed by atoms with E-state index in [4.69, 9.17) is 28.4 Å². The molecular weight excluding hydrogens is 981 g/mol. The molecule has 2 rings (SSSR count). The van der Waals surface area contributed by atoms with Crippen molar-refractivity contribution in [1.29, 1.82) is 0 Å². The molecule has 0 aromatic carbocycles. The Morgan fingerprint density at radius 3 is 1.26 bits per heavy atom. The molecule has 0 radical (unpaired) electrons. The number of ether oxygens (including phenoxy) is 6. The van der Waals surface area contributed by atoms with E-state index in [1.165, 1.54) is 0 Å². The third kappa shape index (κ3) is 34.9. The van der Waals surface area contributed by atoms with Gasteiger partial charge in [-0.3, -0.25) is 4.79 Å². The number of allylic oxidation sites excluding steroid dienone is 20. The van der Waals surface area contributed by atoms with Crippen molar-refractivity contribution in [3.05, 3.63) is 122 Å². The van der Waals surface area contributed by atoms with Crippen LogP contribution in [0.4, 0.5) is 0 Å². The molecule has 14 nitrogen and oxygen atoms in total. The van der Waals surface area contributed by atoms with Crippen molar-refractivity contribution >= 4 is 5.97 Å². The van der Waals surface area contributed by atoms with Crippen molar-refractivity contribution < 1.29 is 69.0 Å². The van der Waals surface area contributed by atoms with Crippen LogP contribution >= 0.6 is 0 Å². The highest BCUT2D eigenvalue weighted by atomic mass is 16.7. The number of aliphatic hydroxyl groups is 7. The van der Waals surface area contributed by atoms with Gasteiger partial charge in [0.25, 0.3) is 0 Å². The average molecular weight is 1080 g/mol. The van der Waals surface area contributed by atoms with Crippen LogP contribution in [0.15, 0.2) is 122 Å². The van der Waals surface area contributed by atoms with Gasteiger partial charge in [0.2, 0.25) is 0 Å². The first-order valence-corrected chi connectivity index (χ1v) is 29.1. The first-order valence-electron chi connectivity index (χ1n) is 29.1. The third-order valence-electron chi connectivity index (χ3n) is 13.0. The SMILES string of the molecule is CC/C=C\C/C=C\C/C=C\C/C=C\C/C=C\C/C=C\CCCCCCCOCC(COC1OC(COC2OC(CO)C(O)C(O)C2O)C(O)C(O)C1O)OC(=O)CCCCCCCC/C=C\C/C=C\C/C=C\C/C=C\CC. The highest BCUT2D eigenvalue weighted by Gasteiger charge is 2.47. The summed E-state index contributed by atoms with van der Waals surface area (Å²) in [6, 6.07) is 0. The van der Waals surface area contributed by atoms with Gasteiger partial charge in [0.15, 0.2) is 12.6 Å². The maximum Gasteiger partial charge on any atom is 0.306 e. The van der Waals surface area contributed by atoms with E-state index in [0.29, 0.717) is 13.0 Å². The van der Waals surface area contributed by atoms with Gasteiger partial charge in [-0.1, -0.05) is 180 Å². The molecule has 2 saturated heterocycles. The summed E-state index contributed by atoms with van der Waals surface area (Å²) in [7, 11) is 0. The fourth-order valence-corrected chi connectivity index (χ4v) is 8.34. The minimum absolute atomic E-state index is 0.0331. The minimum Gasteiger partial charge on any atom is -0.457 e. The monoisotopic (exact) mass is 1080 g/mol. The zero-order chi connectivity index (χ0) is 55.8. The lowest BCUT2D eigenvalue weighted by Crippen LogP contribution is -2.61. The largest absolute Gasteiger partial charge is 0.457 e. The van der Waals surface area contributed by atoms with Crippen molar-refractivity contribution in [1.82, 2.24) is 0 Å². The van der Waals surface area contributed by atoms with E-state index in [1.807, 2.05) is 0 Å². The molecule has 11 unspecified atom stereocenters. The molecule has 7 N–H and O–H groups in total. The molecular formula is C63H102O14. The predicted octanol–water partition coefficient (Wildman–Crippen LogP) is 10.5. The van der Waals surface area contributed by atoms with E-state index in [0.717, 1.165) is 141 Å². The highest BCUT2D eigenvalue weighted by molar-refractivity contribution is 5.69. The molecule has 0 amide bonds. The smallest absolute Gasteiger partial charge is 0.306 e. The molecule has 438 valence electrons. The summed E-state index contributed by atoms with van der Waals surface area (Å²) < 4.78 is 34.4. The maximum atomic E-state index is 13.1. The molecule has 0 saturated carbocycles. The Labute approximate surface area is 463 Å². The number of aliphatic hydroxyl groups excluding tert-OH is 7. The molecule has 2 heterocycles. The normalized spacial score (nSPS) is 25.2. The van der Waals surface area contributed by atoms with Crippen molar-refractivity contribution in [3.8, 4) is 0 Å². The van der Waals surface area contributed by atoms with Gasteiger partial charge in [-0.2, -0.15) is 0 Å². The van der Waals surface area contributed by atoms with Crippen molar-refractivity contribution in [3.63, 3.8) is 0 Å². The number of esters is 1. The Balaban J connectivity index is 1.74. The van der Waals surface area contributed by atoms with Crippen LogP contribution in [-0.2, 0) is 33.2 Å². The van der Waals surface area contributed by atoms with Gasteiger partial charge in [0.05, 0.1) is 26.4 Å². The van der Waals surface area contributed by atoms with Crippen molar-refractivity contribution in [2.45, 2.75) is 235 Å². The Kier molecular flexibility index (Phi) is 43.6. The number of hydrogen-bond acceptors (Lipinski definition) is 14. The van der Waals surface area contributed by atoms with E-state index in [-0.39, 0.29) is 19.6 Å². The fourth-order valence-electron chi connectivity index (χ4n) is 8.34. The number of rotatable bonds is 45. The van der Waals surface area contributed by atoms with Crippen molar-refractivity contribution in [2.75, 3.05) is 33.0 Å². The van der Waals surface area contributed by atoms with Crippen LogP contribution in [0.5, 0.6) is 0 Å². The Bertz CT molecular complexity index is 1730. The van der Waals surface area contributed by atoms with Gasteiger partial charge in [0.1, 0.15) is 54.9 Å². The molecule has 2 aliphatic heterocycles. The van der Waals surface area contributed by atoms with Crippen LogP contribution in [0, 0.1) is 0 Å². The van der Waals surface area contributed by atoms with Crippen LogP contribution in [0.25, 0.3) is 0 Å². The van der Waals surface area contributed by atoms with Crippen LogP contribution in [0.3, 0.4) is 0 Å². The Morgan fingerprint density at radius 2 is 0.805 bits per heavy atom. The third-order valence-corrected chi connectivity index (χ3v) is 13.0. The second kappa shape index (κ2) is 48.3. The quantitative estimate of drug-likeness (QED) is 0.0172. The second-order valence-corrected chi connectivity index (χ2v) is 19.7. The van der Waals surface area contributed by atoms with Crippen LogP contribution < -0.4 is 0 Å². The van der Waals surface area contributed by atoms with E-state index in [2.05, 4.69) is 135 Å². The van der Waals surface area contributed by atoms with Crippen LogP contribution in [0.2, 0.25) is 0 Å². The number of unbranched alkanes of at least 4 members (excludes halogenated alkanes) is 11. The summed E-state index contributed by atoms with van der Waals surface area (Å²) in [5.74, 6) is -0.403. The van der Waals surface area contributed by atoms with Gasteiger partial charge in [-0.25, -0.2) is 0 Å². The summed E-state index contributed by atoms with van der Waals surface area (Å²) >= 11 is 0. The molecule has 77 heavy (non-hydrogen) atoms. The summed E-state index contributed by atoms with van der Waals surface area (Å²) in [6.07, 6.45) is 51.1. The summed E-state index contributed by atoms with van der Waals surface area (Å²) in [4.78, 5) is 13.1. The van der Waals surface area contributed by atoms with E-state index in [1.54, 1.807) is 0 Å². The fraction of sp³-hybridized carbons (Fsp3) is 0.667. The molecule has 0 aliphatic carbocycles. The lowest BCUT2D eigenvalue weighted by Gasteiger charge is -2.42. The van der Waals surface area contributed by atoms with Gasteiger partial charge < -0.3 is 64.2 Å². The lowest BCUT2D eigenvalue weighted by atomic mass is 9.98. The lowest BCUT2D eigenvalue weighted by molar-refractivity contribution is -0.332. The molecule has 0 bridgehead atoms. The van der Waals surface area contributed by atoms with Gasteiger partial charge in [0, 0.05) is 13.0 Å². The summed E-state index contributed by atoms with van der Waals surface area (Å²) in [5.41, 5.74) is 0. The maximum absolute atomic E-state index is 13.1. The summed E-state index contributed by atoms with van der Waals surface area (Å²) in [5, 5.41) is 72.4. The Hall–Kier alpha value is -3.61. The first-order chi connectivity index (χ1) is 37.6. The molecule has 0 spiro atoms. The van der Waals surface area contributed by atoms with Gasteiger partial charge >= 0.3 is 5.97 Å². The highest BCUT2D eigenvalue weighted by Crippen LogP contribution is 2.26. The first kappa shape index (κ1) is 69.5. The summed E-state index contributed by atoms with van der Waals surface area (Å²) in [6.45, 7) is 3.37. The standard InChI is InChI=1S/C63H102O14/c1-3-5-7-9-11-13-15-17-19-21-23-24-25-26-27-29-31-33-35-37-39-41-43-45-47-72-49-52(75-55(65)46-44-42-40-38-36-34-32-30-28-22-20-18-16-14-12-10-8-6-4-2)50-73-62-61(71)59(69)57(67)54(77-62)51-74-63-60(70)58(68)56(66)53(48-64)76-63/h5-8,11-14,17-20,23-24,26-28,30-31,33,52-54,56-64,66-71H,3-4,9-10,15-16,21-22,25,29,32,34-51H2,1-2H3/b7-5-,8-6-,13-11-,14-12-,19-17-,20-18-,24-23-,27-26-,30-28-,33-31-. The molecule has 14 heteroatoms.